The number of hydrogen-bond donors (Lipinski definition) is 1. The lowest BCUT2D eigenvalue weighted by Crippen LogP contribution is -2.51. The number of anilines is 2. The van der Waals surface area contributed by atoms with Crippen LogP contribution in [0.2, 0.25) is 0 Å². The van der Waals surface area contributed by atoms with Gasteiger partial charge < -0.3 is 15.0 Å². The molecule has 0 unspecified atom stereocenters. The summed E-state index contributed by atoms with van der Waals surface area (Å²) in [5.74, 6) is 0.740. The van der Waals surface area contributed by atoms with Gasteiger partial charge in [-0.05, 0) is 57.0 Å². The van der Waals surface area contributed by atoms with Crippen molar-refractivity contribution in [3.63, 3.8) is 0 Å². The molecule has 3 rings (SSSR count). The molecule has 0 aliphatic carbocycles. The van der Waals surface area contributed by atoms with Crippen molar-refractivity contribution >= 4 is 17.3 Å². The van der Waals surface area contributed by atoms with Gasteiger partial charge in [0.1, 0.15) is 5.75 Å². The minimum absolute atomic E-state index is 0.0297. The van der Waals surface area contributed by atoms with Crippen LogP contribution in [-0.4, -0.2) is 24.6 Å². The number of amides is 1. The Kier molecular flexibility index (Phi) is 4.22. The highest BCUT2D eigenvalue weighted by molar-refractivity contribution is 5.99. The SMILES string of the molecule is Cc1ccc(C)c(OCC(=O)N2CC(C)(C)Nc3ccccc32)c1. The first-order valence-corrected chi connectivity index (χ1v) is 8.23. The van der Waals surface area contributed by atoms with Crippen LogP contribution in [0.5, 0.6) is 5.75 Å². The lowest BCUT2D eigenvalue weighted by molar-refractivity contribution is -0.120. The maximum atomic E-state index is 12.8. The molecule has 0 atom stereocenters. The first-order valence-electron chi connectivity index (χ1n) is 8.23. The molecule has 4 nitrogen and oxygen atoms in total. The summed E-state index contributed by atoms with van der Waals surface area (Å²) in [5, 5.41) is 3.48. The Labute approximate surface area is 143 Å². The number of fused-ring (bicyclic) bond motifs is 1. The fraction of sp³-hybridized carbons (Fsp3) is 0.350. The van der Waals surface area contributed by atoms with E-state index in [2.05, 4.69) is 19.2 Å². The number of carbonyl (C=O) groups excluding carboxylic acids is 1. The molecule has 0 saturated heterocycles. The van der Waals surface area contributed by atoms with Crippen LogP contribution in [0.25, 0.3) is 0 Å². The van der Waals surface area contributed by atoms with Crippen molar-refractivity contribution in [2.24, 2.45) is 0 Å². The number of ether oxygens (including phenoxy) is 1. The molecule has 126 valence electrons. The van der Waals surface area contributed by atoms with E-state index in [9.17, 15) is 4.79 Å². The van der Waals surface area contributed by atoms with Gasteiger partial charge in [-0.25, -0.2) is 0 Å². The number of nitrogens with one attached hydrogen (secondary N) is 1. The molecule has 1 aliphatic rings. The number of carbonyl (C=O) groups is 1. The van der Waals surface area contributed by atoms with Crippen molar-refractivity contribution in [2.75, 3.05) is 23.4 Å². The van der Waals surface area contributed by atoms with E-state index in [4.69, 9.17) is 4.74 Å². The molecule has 0 radical (unpaired) electrons. The Morgan fingerprint density at radius 1 is 1.21 bits per heavy atom. The summed E-state index contributed by atoms with van der Waals surface area (Å²) < 4.78 is 5.80. The van der Waals surface area contributed by atoms with Crippen LogP contribution in [0.15, 0.2) is 42.5 Å². The summed E-state index contributed by atoms with van der Waals surface area (Å²) in [4.78, 5) is 14.6. The Morgan fingerprint density at radius 3 is 2.75 bits per heavy atom. The number of para-hydroxylation sites is 2. The van der Waals surface area contributed by atoms with Gasteiger partial charge in [0, 0.05) is 12.1 Å². The minimum atomic E-state index is -0.177. The van der Waals surface area contributed by atoms with E-state index < -0.39 is 0 Å². The molecule has 0 aromatic heterocycles. The second kappa shape index (κ2) is 6.19. The third-order valence-electron chi connectivity index (χ3n) is 4.22. The minimum Gasteiger partial charge on any atom is -0.483 e. The maximum absolute atomic E-state index is 12.8. The largest absolute Gasteiger partial charge is 0.483 e. The fourth-order valence-corrected chi connectivity index (χ4v) is 3.00. The molecule has 1 aliphatic heterocycles. The average molecular weight is 324 g/mol. The van der Waals surface area contributed by atoms with E-state index in [1.165, 1.54) is 0 Å². The van der Waals surface area contributed by atoms with Gasteiger partial charge in [0.05, 0.1) is 11.4 Å². The van der Waals surface area contributed by atoms with E-state index >= 15 is 0 Å². The molecule has 1 N–H and O–H groups in total. The standard InChI is InChI=1S/C20H24N2O2/c1-14-9-10-15(2)18(11-14)24-12-19(23)22-13-20(3,4)21-16-7-5-6-8-17(16)22/h5-11,21H,12-13H2,1-4H3. The molecule has 0 spiro atoms. The van der Waals surface area contributed by atoms with Crippen LogP contribution in [-0.2, 0) is 4.79 Å². The molecule has 1 heterocycles. The monoisotopic (exact) mass is 324 g/mol. The summed E-state index contributed by atoms with van der Waals surface area (Å²) in [6.07, 6.45) is 0. The molecule has 24 heavy (non-hydrogen) atoms. The number of aryl methyl sites for hydroxylation is 2. The van der Waals surface area contributed by atoms with E-state index in [-0.39, 0.29) is 18.1 Å². The molecular formula is C20H24N2O2. The highest BCUT2D eigenvalue weighted by Gasteiger charge is 2.32. The molecule has 0 bridgehead atoms. The molecule has 0 saturated carbocycles. The van der Waals surface area contributed by atoms with Crippen LogP contribution in [0.4, 0.5) is 11.4 Å². The number of rotatable bonds is 3. The van der Waals surface area contributed by atoms with Gasteiger partial charge in [0.25, 0.3) is 5.91 Å². The van der Waals surface area contributed by atoms with Crippen molar-refractivity contribution in [1.29, 1.82) is 0 Å². The first-order chi connectivity index (χ1) is 11.4. The molecular weight excluding hydrogens is 300 g/mol. The molecule has 0 fully saturated rings. The molecule has 4 heteroatoms. The van der Waals surface area contributed by atoms with Crippen LogP contribution < -0.4 is 15.0 Å². The Bertz CT molecular complexity index is 768. The van der Waals surface area contributed by atoms with Crippen molar-refractivity contribution in [2.45, 2.75) is 33.2 Å². The van der Waals surface area contributed by atoms with Gasteiger partial charge in [-0.15, -0.1) is 0 Å². The smallest absolute Gasteiger partial charge is 0.265 e. The summed E-state index contributed by atoms with van der Waals surface area (Å²) >= 11 is 0. The summed E-state index contributed by atoms with van der Waals surface area (Å²) in [7, 11) is 0. The second-order valence-corrected chi connectivity index (χ2v) is 7.06. The Morgan fingerprint density at radius 2 is 1.96 bits per heavy atom. The zero-order valence-corrected chi connectivity index (χ0v) is 14.7. The zero-order chi connectivity index (χ0) is 17.3. The topological polar surface area (TPSA) is 41.6 Å². The van der Waals surface area contributed by atoms with Crippen molar-refractivity contribution in [3.05, 3.63) is 53.6 Å². The second-order valence-electron chi connectivity index (χ2n) is 7.06. The summed E-state index contributed by atoms with van der Waals surface area (Å²) in [6.45, 7) is 8.84. The predicted molar refractivity (Wildman–Crippen MR) is 97.9 cm³/mol. The third kappa shape index (κ3) is 3.37. The maximum Gasteiger partial charge on any atom is 0.265 e. The first kappa shape index (κ1) is 16.4. The van der Waals surface area contributed by atoms with E-state index in [0.29, 0.717) is 6.54 Å². The van der Waals surface area contributed by atoms with Gasteiger partial charge in [-0.3, -0.25) is 4.79 Å². The molecule has 2 aromatic rings. The van der Waals surface area contributed by atoms with E-state index in [1.807, 2.05) is 61.2 Å². The molecule has 1 amide bonds. The summed E-state index contributed by atoms with van der Waals surface area (Å²) in [6, 6.07) is 13.9. The van der Waals surface area contributed by atoms with Crippen molar-refractivity contribution in [3.8, 4) is 5.75 Å². The lowest BCUT2D eigenvalue weighted by atomic mass is 9.99. The van der Waals surface area contributed by atoms with Gasteiger partial charge >= 0.3 is 0 Å². The Balaban J connectivity index is 1.78. The normalized spacial score (nSPS) is 15.4. The van der Waals surface area contributed by atoms with Crippen LogP contribution in [0, 0.1) is 13.8 Å². The van der Waals surface area contributed by atoms with Gasteiger partial charge in [-0.1, -0.05) is 24.3 Å². The lowest BCUT2D eigenvalue weighted by Gasteiger charge is -2.40. The number of nitrogens with zero attached hydrogens (tertiary/aromatic N) is 1. The van der Waals surface area contributed by atoms with Gasteiger partial charge in [-0.2, -0.15) is 0 Å². The third-order valence-corrected chi connectivity index (χ3v) is 4.22. The van der Waals surface area contributed by atoms with Gasteiger partial charge in [0.2, 0.25) is 0 Å². The highest BCUT2D eigenvalue weighted by atomic mass is 16.5. The highest BCUT2D eigenvalue weighted by Crippen LogP contribution is 2.34. The Hall–Kier alpha value is -2.49. The fourth-order valence-electron chi connectivity index (χ4n) is 3.00. The van der Waals surface area contributed by atoms with E-state index in [0.717, 1.165) is 28.3 Å². The number of hydrogen-bond acceptors (Lipinski definition) is 3. The van der Waals surface area contributed by atoms with E-state index in [1.54, 1.807) is 0 Å². The van der Waals surface area contributed by atoms with Crippen LogP contribution in [0.3, 0.4) is 0 Å². The predicted octanol–water partition coefficient (Wildman–Crippen LogP) is 3.92. The number of benzene rings is 2. The summed E-state index contributed by atoms with van der Waals surface area (Å²) in [5.41, 5.74) is 3.87. The van der Waals surface area contributed by atoms with Crippen LogP contribution in [0.1, 0.15) is 25.0 Å². The van der Waals surface area contributed by atoms with Crippen LogP contribution >= 0.6 is 0 Å². The zero-order valence-electron chi connectivity index (χ0n) is 14.7. The van der Waals surface area contributed by atoms with Crippen molar-refractivity contribution < 1.29 is 9.53 Å². The van der Waals surface area contributed by atoms with Crippen molar-refractivity contribution in [1.82, 2.24) is 0 Å². The van der Waals surface area contributed by atoms with Gasteiger partial charge in [0.15, 0.2) is 6.61 Å². The average Bonchev–Trinajstić information content (AvgIpc) is 2.53. The quantitative estimate of drug-likeness (QED) is 0.930. The molecule has 2 aromatic carbocycles.